The van der Waals surface area contributed by atoms with Crippen LogP contribution in [0.1, 0.15) is 11.8 Å². The van der Waals surface area contributed by atoms with Gasteiger partial charge in [-0.3, -0.25) is 10.1 Å². The predicted molar refractivity (Wildman–Crippen MR) is 57.7 cm³/mol. The highest BCUT2D eigenvalue weighted by molar-refractivity contribution is 9.10. The molecule has 70 valence electrons. The van der Waals surface area contributed by atoms with Crippen molar-refractivity contribution in [3.8, 4) is 0 Å². The molecule has 0 N–H and O–H groups in total. The molecule has 0 radical (unpaired) electrons. The Bertz CT molecular complexity index is 355. The first-order valence-electron chi connectivity index (χ1n) is 3.28. The summed E-state index contributed by atoms with van der Waals surface area (Å²) in [6, 6.07) is 1.75. The Kier molecular flexibility index (Phi) is 3.47. The van der Waals surface area contributed by atoms with Gasteiger partial charge in [0.25, 0.3) is 0 Å². The van der Waals surface area contributed by atoms with Crippen molar-refractivity contribution < 1.29 is 4.92 Å². The van der Waals surface area contributed by atoms with E-state index in [-0.39, 0.29) is 5.70 Å². The first-order valence-corrected chi connectivity index (χ1v) is 5.27. The first-order chi connectivity index (χ1) is 6.00. The van der Waals surface area contributed by atoms with Crippen LogP contribution in [-0.2, 0) is 0 Å². The lowest BCUT2D eigenvalue weighted by Crippen LogP contribution is -1.91. The van der Waals surface area contributed by atoms with Crippen molar-refractivity contribution in [2.75, 3.05) is 0 Å². The van der Waals surface area contributed by atoms with Gasteiger partial charge in [0.05, 0.1) is 4.92 Å². The minimum Gasteiger partial charge on any atom is -0.259 e. The highest BCUT2D eigenvalue weighted by Crippen LogP contribution is 2.33. The van der Waals surface area contributed by atoms with Crippen molar-refractivity contribution in [3.63, 3.8) is 0 Å². The third kappa shape index (κ3) is 2.79. The molecule has 1 aromatic rings. The average molecular weight is 283 g/mol. The molecule has 0 unspecified atom stereocenters. The highest BCUT2D eigenvalue weighted by atomic mass is 79.9. The Hall–Kier alpha value is -0.390. The summed E-state index contributed by atoms with van der Waals surface area (Å²) >= 11 is 10.3. The Balaban J connectivity index is 2.98. The molecule has 0 bridgehead atoms. The molecule has 1 heterocycles. The summed E-state index contributed by atoms with van der Waals surface area (Å²) in [5.74, 6) is 0. The number of hydrogen-bond donors (Lipinski definition) is 0. The van der Waals surface area contributed by atoms with E-state index in [2.05, 4.69) is 15.9 Å². The molecule has 1 aromatic heterocycles. The summed E-state index contributed by atoms with van der Waals surface area (Å²) in [4.78, 5) is 10.6. The molecular weight excluding hydrogens is 278 g/mol. The molecule has 13 heavy (non-hydrogen) atoms. The molecule has 0 aliphatic rings. The number of thiophene rings is 1. The van der Waals surface area contributed by atoms with Crippen molar-refractivity contribution in [1.29, 1.82) is 0 Å². The van der Waals surface area contributed by atoms with Gasteiger partial charge in [-0.25, -0.2) is 0 Å². The molecule has 0 aromatic carbocycles. The smallest absolute Gasteiger partial charge is 0.244 e. The van der Waals surface area contributed by atoms with Crippen LogP contribution < -0.4 is 0 Å². The molecule has 0 saturated heterocycles. The van der Waals surface area contributed by atoms with E-state index < -0.39 is 4.92 Å². The van der Waals surface area contributed by atoms with Crippen LogP contribution in [0.15, 0.2) is 16.2 Å². The van der Waals surface area contributed by atoms with E-state index in [1.165, 1.54) is 24.3 Å². The number of hydrogen-bond acceptors (Lipinski definition) is 3. The second kappa shape index (κ2) is 4.21. The van der Waals surface area contributed by atoms with Gasteiger partial charge in [-0.15, -0.1) is 11.3 Å². The molecule has 0 atom stereocenters. The number of rotatable bonds is 2. The fourth-order valence-electron chi connectivity index (χ4n) is 0.693. The molecule has 0 saturated carbocycles. The summed E-state index contributed by atoms with van der Waals surface area (Å²) in [5.41, 5.74) is 0.102. The monoisotopic (exact) mass is 281 g/mol. The lowest BCUT2D eigenvalue weighted by atomic mass is 10.4. The normalized spacial score (nSPS) is 11.8. The van der Waals surface area contributed by atoms with E-state index in [0.717, 1.165) is 9.35 Å². The topological polar surface area (TPSA) is 43.1 Å². The van der Waals surface area contributed by atoms with Crippen LogP contribution >= 0.6 is 38.9 Å². The Morgan fingerprint density at radius 2 is 2.46 bits per heavy atom. The molecule has 0 aliphatic carbocycles. The molecular formula is C7H5BrClNO2S. The number of nitrogens with zero attached hydrogens (tertiary/aromatic N) is 1. The van der Waals surface area contributed by atoms with Gasteiger partial charge >= 0.3 is 0 Å². The van der Waals surface area contributed by atoms with Gasteiger partial charge in [0, 0.05) is 22.3 Å². The second-order valence-corrected chi connectivity index (χ2v) is 4.85. The summed E-state index contributed by atoms with van der Waals surface area (Å²) in [7, 11) is 0. The van der Waals surface area contributed by atoms with Crippen LogP contribution in [0.25, 0.3) is 6.08 Å². The van der Waals surface area contributed by atoms with Crippen molar-refractivity contribution in [2.45, 2.75) is 6.92 Å². The van der Waals surface area contributed by atoms with Gasteiger partial charge in [-0.05, 0) is 22.0 Å². The van der Waals surface area contributed by atoms with E-state index in [0.29, 0.717) is 4.34 Å². The molecule has 0 aliphatic heterocycles. The van der Waals surface area contributed by atoms with Crippen LogP contribution in [-0.4, -0.2) is 4.92 Å². The summed E-state index contributed by atoms with van der Waals surface area (Å²) in [6.45, 7) is 1.45. The Morgan fingerprint density at radius 1 is 1.85 bits per heavy atom. The zero-order valence-corrected chi connectivity index (χ0v) is 9.74. The van der Waals surface area contributed by atoms with E-state index in [9.17, 15) is 10.1 Å². The molecule has 0 spiro atoms. The van der Waals surface area contributed by atoms with Gasteiger partial charge in [0.1, 0.15) is 4.34 Å². The van der Waals surface area contributed by atoms with Crippen molar-refractivity contribution in [1.82, 2.24) is 0 Å². The number of allylic oxidation sites excluding steroid dienone is 1. The maximum atomic E-state index is 10.3. The zero-order chi connectivity index (χ0) is 10.0. The van der Waals surface area contributed by atoms with Gasteiger partial charge in [-0.1, -0.05) is 11.6 Å². The molecule has 0 fully saturated rings. The average Bonchev–Trinajstić information content (AvgIpc) is 2.31. The fourth-order valence-corrected chi connectivity index (χ4v) is 2.43. The van der Waals surface area contributed by atoms with Crippen molar-refractivity contribution in [3.05, 3.63) is 35.6 Å². The highest BCUT2D eigenvalue weighted by Gasteiger charge is 2.06. The van der Waals surface area contributed by atoms with Crippen molar-refractivity contribution >= 4 is 44.9 Å². The standard InChI is InChI=1S/C7H5BrClNO2S/c1-4(10(11)12)2-5-3-6(8)7(9)13-5/h2-3H,1H3. The fraction of sp³-hybridized carbons (Fsp3) is 0.143. The van der Waals surface area contributed by atoms with E-state index >= 15 is 0 Å². The number of halogens is 2. The minimum atomic E-state index is -0.429. The second-order valence-electron chi connectivity index (χ2n) is 2.31. The summed E-state index contributed by atoms with van der Waals surface area (Å²) in [5, 5.41) is 10.3. The largest absolute Gasteiger partial charge is 0.259 e. The summed E-state index contributed by atoms with van der Waals surface area (Å²) in [6.07, 6.45) is 1.49. The lowest BCUT2D eigenvalue weighted by Gasteiger charge is -1.86. The van der Waals surface area contributed by atoms with E-state index in [4.69, 9.17) is 11.6 Å². The first kappa shape index (κ1) is 10.7. The predicted octanol–water partition coefficient (Wildman–Crippen LogP) is 3.80. The van der Waals surface area contributed by atoms with E-state index in [1.807, 2.05) is 0 Å². The lowest BCUT2D eigenvalue weighted by molar-refractivity contribution is -0.422. The van der Waals surface area contributed by atoms with Crippen LogP contribution in [0.2, 0.25) is 4.34 Å². The number of nitro groups is 1. The molecule has 0 amide bonds. The molecule has 1 rings (SSSR count). The minimum absolute atomic E-state index is 0.102. The van der Waals surface area contributed by atoms with Gasteiger partial charge in [-0.2, -0.15) is 0 Å². The SMILES string of the molecule is CC(=Cc1cc(Br)c(Cl)s1)[N+](=O)[O-]. The van der Waals surface area contributed by atoms with Crippen LogP contribution in [0.4, 0.5) is 0 Å². The molecule has 3 nitrogen and oxygen atoms in total. The Labute approximate surface area is 92.3 Å². The quantitative estimate of drug-likeness (QED) is 0.611. The van der Waals surface area contributed by atoms with Crippen molar-refractivity contribution in [2.24, 2.45) is 0 Å². The maximum Gasteiger partial charge on any atom is 0.244 e. The zero-order valence-electron chi connectivity index (χ0n) is 6.58. The van der Waals surface area contributed by atoms with Gasteiger partial charge in [0.15, 0.2) is 0 Å². The molecule has 6 heteroatoms. The van der Waals surface area contributed by atoms with Crippen LogP contribution in [0.5, 0.6) is 0 Å². The van der Waals surface area contributed by atoms with Gasteiger partial charge < -0.3 is 0 Å². The summed E-state index contributed by atoms with van der Waals surface area (Å²) < 4.78 is 1.36. The third-order valence-electron chi connectivity index (χ3n) is 1.30. The Morgan fingerprint density at radius 3 is 2.85 bits per heavy atom. The van der Waals surface area contributed by atoms with Gasteiger partial charge in [0.2, 0.25) is 5.70 Å². The van der Waals surface area contributed by atoms with E-state index in [1.54, 1.807) is 6.07 Å². The maximum absolute atomic E-state index is 10.3. The van der Waals surface area contributed by atoms with Crippen LogP contribution in [0, 0.1) is 10.1 Å². The third-order valence-corrected chi connectivity index (χ3v) is 3.73. The van der Waals surface area contributed by atoms with Crippen LogP contribution in [0.3, 0.4) is 0 Å².